The van der Waals surface area contributed by atoms with E-state index in [1.807, 2.05) is 37.3 Å². The van der Waals surface area contributed by atoms with Gasteiger partial charge in [0.05, 0.1) is 4.90 Å². The van der Waals surface area contributed by atoms with Gasteiger partial charge in [0, 0.05) is 19.2 Å². The fourth-order valence-corrected chi connectivity index (χ4v) is 3.27. The number of nitrogens with one attached hydrogen (secondary N) is 2. The maximum Gasteiger partial charge on any atom is 0.240 e. The Balaban J connectivity index is 2.02. The summed E-state index contributed by atoms with van der Waals surface area (Å²) in [6, 6.07) is 15.8. The first kappa shape index (κ1) is 17.2. The van der Waals surface area contributed by atoms with Gasteiger partial charge in [0.25, 0.3) is 0 Å². The quantitative estimate of drug-likeness (QED) is 0.854. The monoisotopic (exact) mass is 332 g/mol. The van der Waals surface area contributed by atoms with Crippen LogP contribution in [0.25, 0.3) is 0 Å². The van der Waals surface area contributed by atoms with Crippen LogP contribution in [0.4, 0.5) is 5.69 Å². The van der Waals surface area contributed by atoms with Gasteiger partial charge in [-0.25, -0.2) is 13.1 Å². The van der Waals surface area contributed by atoms with E-state index in [1.165, 1.54) is 19.1 Å². The highest BCUT2D eigenvalue weighted by molar-refractivity contribution is 7.89. The molecule has 0 aliphatic rings. The van der Waals surface area contributed by atoms with Gasteiger partial charge in [-0.15, -0.1) is 0 Å². The Morgan fingerprint density at radius 1 is 1.04 bits per heavy atom. The first-order valence-electron chi connectivity index (χ1n) is 7.31. The molecule has 1 unspecified atom stereocenters. The van der Waals surface area contributed by atoms with Crippen LogP contribution in [0.3, 0.4) is 0 Å². The van der Waals surface area contributed by atoms with Crippen LogP contribution in [0.5, 0.6) is 0 Å². The third kappa shape index (κ3) is 4.91. The molecule has 23 heavy (non-hydrogen) atoms. The summed E-state index contributed by atoms with van der Waals surface area (Å²) in [5.41, 5.74) is 1.64. The maximum absolute atomic E-state index is 12.3. The number of amides is 1. The van der Waals surface area contributed by atoms with Crippen molar-refractivity contribution in [3.8, 4) is 0 Å². The Morgan fingerprint density at radius 2 is 1.65 bits per heavy atom. The van der Waals surface area contributed by atoms with Crippen LogP contribution >= 0.6 is 0 Å². The predicted molar refractivity (Wildman–Crippen MR) is 90.8 cm³/mol. The van der Waals surface area contributed by atoms with Crippen LogP contribution in [0.15, 0.2) is 59.5 Å². The standard InChI is InChI=1S/C17H20N2O3S/c1-13(15-6-4-3-5-7-15)12-18-23(21,22)17-10-8-16(9-11-17)19-14(2)20/h3-11,13,18H,12H2,1-2H3,(H,19,20). The number of sulfonamides is 1. The van der Waals surface area contributed by atoms with Crippen molar-refractivity contribution in [1.29, 1.82) is 0 Å². The normalized spacial score (nSPS) is 12.6. The number of rotatable bonds is 6. The molecule has 0 bridgehead atoms. The molecule has 6 heteroatoms. The summed E-state index contributed by atoms with van der Waals surface area (Å²) in [6.45, 7) is 3.69. The summed E-state index contributed by atoms with van der Waals surface area (Å²) < 4.78 is 27.2. The van der Waals surface area contributed by atoms with Crippen molar-refractivity contribution in [3.63, 3.8) is 0 Å². The number of carbonyl (C=O) groups is 1. The zero-order valence-corrected chi connectivity index (χ0v) is 13.9. The minimum atomic E-state index is -3.57. The van der Waals surface area contributed by atoms with Crippen molar-refractivity contribution in [1.82, 2.24) is 4.72 Å². The lowest BCUT2D eigenvalue weighted by Gasteiger charge is -2.13. The Bertz CT molecular complexity index is 756. The molecule has 0 aliphatic carbocycles. The summed E-state index contributed by atoms with van der Waals surface area (Å²) in [6.07, 6.45) is 0. The molecule has 122 valence electrons. The van der Waals surface area contributed by atoms with Gasteiger partial charge in [0.1, 0.15) is 0 Å². The van der Waals surface area contributed by atoms with Crippen molar-refractivity contribution in [3.05, 3.63) is 60.2 Å². The molecular weight excluding hydrogens is 312 g/mol. The number of hydrogen-bond acceptors (Lipinski definition) is 3. The van der Waals surface area contributed by atoms with Crippen molar-refractivity contribution in [2.75, 3.05) is 11.9 Å². The first-order valence-corrected chi connectivity index (χ1v) is 8.79. The van der Waals surface area contributed by atoms with Gasteiger partial charge in [0.15, 0.2) is 0 Å². The molecule has 1 atom stereocenters. The number of anilines is 1. The fourth-order valence-electron chi connectivity index (χ4n) is 2.14. The van der Waals surface area contributed by atoms with Crippen LogP contribution in [0.2, 0.25) is 0 Å². The Labute approximate surface area is 136 Å². The van der Waals surface area contributed by atoms with E-state index in [4.69, 9.17) is 0 Å². The van der Waals surface area contributed by atoms with E-state index in [0.717, 1.165) is 5.56 Å². The summed E-state index contributed by atoms with van der Waals surface area (Å²) in [7, 11) is -3.57. The molecular formula is C17H20N2O3S. The van der Waals surface area contributed by atoms with Crippen LogP contribution < -0.4 is 10.0 Å². The molecule has 0 radical (unpaired) electrons. The molecule has 2 aromatic rings. The largest absolute Gasteiger partial charge is 0.326 e. The third-order valence-corrected chi connectivity index (χ3v) is 4.87. The smallest absolute Gasteiger partial charge is 0.240 e. The van der Waals surface area contributed by atoms with E-state index >= 15 is 0 Å². The molecule has 0 heterocycles. The molecule has 5 nitrogen and oxygen atoms in total. The molecule has 0 fully saturated rings. The van der Waals surface area contributed by atoms with Gasteiger partial charge in [-0.1, -0.05) is 37.3 Å². The third-order valence-electron chi connectivity index (χ3n) is 3.43. The maximum atomic E-state index is 12.3. The van der Waals surface area contributed by atoms with Gasteiger partial charge in [-0.2, -0.15) is 0 Å². The molecule has 2 aromatic carbocycles. The van der Waals surface area contributed by atoms with Crippen molar-refractivity contribution >= 4 is 21.6 Å². The summed E-state index contributed by atoms with van der Waals surface area (Å²) in [4.78, 5) is 11.1. The Hall–Kier alpha value is -2.18. The lowest BCUT2D eigenvalue weighted by Crippen LogP contribution is -2.27. The second-order valence-corrected chi connectivity index (χ2v) is 7.14. The van der Waals surface area contributed by atoms with Gasteiger partial charge in [0.2, 0.25) is 15.9 Å². The van der Waals surface area contributed by atoms with Crippen LogP contribution in [0, 0.1) is 0 Å². The Morgan fingerprint density at radius 3 is 2.22 bits per heavy atom. The first-order chi connectivity index (χ1) is 10.9. The van der Waals surface area contributed by atoms with Crippen LogP contribution in [-0.4, -0.2) is 20.9 Å². The highest BCUT2D eigenvalue weighted by Gasteiger charge is 2.15. The van der Waals surface area contributed by atoms with Crippen LogP contribution in [-0.2, 0) is 14.8 Å². The van der Waals surface area contributed by atoms with Gasteiger partial charge in [-0.3, -0.25) is 4.79 Å². The minimum Gasteiger partial charge on any atom is -0.326 e. The van der Waals surface area contributed by atoms with E-state index in [1.54, 1.807) is 12.1 Å². The number of carbonyl (C=O) groups excluding carboxylic acids is 1. The highest BCUT2D eigenvalue weighted by atomic mass is 32.2. The van der Waals surface area contributed by atoms with E-state index in [2.05, 4.69) is 10.0 Å². The van der Waals surface area contributed by atoms with Crippen molar-refractivity contribution < 1.29 is 13.2 Å². The molecule has 0 saturated heterocycles. The van der Waals surface area contributed by atoms with E-state index in [0.29, 0.717) is 12.2 Å². The van der Waals surface area contributed by atoms with Crippen molar-refractivity contribution in [2.45, 2.75) is 24.7 Å². The zero-order chi connectivity index (χ0) is 16.9. The van der Waals surface area contributed by atoms with Gasteiger partial charge < -0.3 is 5.32 Å². The minimum absolute atomic E-state index is 0.0737. The molecule has 1 amide bonds. The molecule has 0 aliphatic heterocycles. The fraction of sp³-hybridized carbons (Fsp3) is 0.235. The number of benzene rings is 2. The molecule has 0 spiro atoms. The van der Waals surface area contributed by atoms with E-state index < -0.39 is 10.0 Å². The van der Waals surface area contributed by atoms with Gasteiger partial charge >= 0.3 is 0 Å². The number of hydrogen-bond donors (Lipinski definition) is 2. The Kier molecular flexibility index (Phi) is 5.52. The molecule has 2 N–H and O–H groups in total. The van der Waals surface area contributed by atoms with Crippen LogP contribution in [0.1, 0.15) is 25.3 Å². The molecule has 2 rings (SSSR count). The zero-order valence-electron chi connectivity index (χ0n) is 13.1. The van der Waals surface area contributed by atoms with E-state index in [9.17, 15) is 13.2 Å². The predicted octanol–water partition coefficient (Wildman–Crippen LogP) is 2.73. The lowest BCUT2D eigenvalue weighted by atomic mass is 10.0. The second kappa shape index (κ2) is 7.39. The topological polar surface area (TPSA) is 75.3 Å². The average Bonchev–Trinajstić information content (AvgIpc) is 2.53. The summed E-state index contributed by atoms with van der Waals surface area (Å²) in [5, 5.41) is 2.60. The highest BCUT2D eigenvalue weighted by Crippen LogP contribution is 2.17. The van der Waals surface area contributed by atoms with Crippen molar-refractivity contribution in [2.24, 2.45) is 0 Å². The lowest BCUT2D eigenvalue weighted by molar-refractivity contribution is -0.114. The second-order valence-electron chi connectivity index (χ2n) is 5.37. The molecule has 0 saturated carbocycles. The van der Waals surface area contributed by atoms with Gasteiger partial charge in [-0.05, 0) is 35.7 Å². The summed E-state index contributed by atoms with van der Waals surface area (Å²) >= 11 is 0. The molecule has 0 aromatic heterocycles. The summed E-state index contributed by atoms with van der Waals surface area (Å²) in [5.74, 6) is -0.125. The SMILES string of the molecule is CC(=O)Nc1ccc(S(=O)(=O)NCC(C)c2ccccc2)cc1. The average molecular weight is 332 g/mol. The van der Waals surface area contributed by atoms with E-state index in [-0.39, 0.29) is 16.7 Å².